The molecule has 2 aromatic carbocycles. The lowest BCUT2D eigenvalue weighted by molar-refractivity contribution is 0.0558. The maximum absolute atomic E-state index is 15.1. The molecule has 1 fully saturated rings. The fourth-order valence-electron chi connectivity index (χ4n) is 3.97. The molecular formula is C24H22F3N5O3. The Balaban J connectivity index is 1.60. The Kier molecular flexibility index (Phi) is 6.93. The summed E-state index contributed by atoms with van der Waals surface area (Å²) in [7, 11) is 1.32. The zero-order valence-electron chi connectivity index (χ0n) is 18.8. The predicted octanol–water partition coefficient (Wildman–Crippen LogP) is 3.71. The zero-order chi connectivity index (χ0) is 25.1. The minimum atomic E-state index is -0.847. The molecule has 8 nitrogen and oxygen atoms in total. The number of anilines is 1. The van der Waals surface area contributed by atoms with Crippen LogP contribution in [0.15, 0.2) is 30.3 Å². The highest BCUT2D eigenvalue weighted by Gasteiger charge is 2.26. The second-order valence-electron chi connectivity index (χ2n) is 7.99. The lowest BCUT2D eigenvalue weighted by atomic mass is 10.0. The number of ether oxygens (including phenoxy) is 2. The molecule has 1 aliphatic heterocycles. The first-order chi connectivity index (χ1) is 16.8. The molecule has 1 atom stereocenters. The van der Waals surface area contributed by atoms with Gasteiger partial charge in [-0.15, -0.1) is 0 Å². The smallest absolute Gasteiger partial charge is 0.255 e. The van der Waals surface area contributed by atoms with Crippen LogP contribution in [0, 0.1) is 28.8 Å². The molecule has 3 aromatic rings. The standard InChI is InChI=1S/C24H22F3N5O3/c1-34-21-5-4-14(25)8-17(21)24(33)30-11-13-7-20(27)16(9-19(13)26)22-18(10-28)23(29)32(31-22)15-3-2-6-35-12-15/h4-5,7-9,15H,2-3,6,11-12,29H2,1H3,(H,30,33). The van der Waals surface area contributed by atoms with Gasteiger partial charge in [0.25, 0.3) is 5.91 Å². The van der Waals surface area contributed by atoms with E-state index in [-0.39, 0.29) is 52.1 Å². The summed E-state index contributed by atoms with van der Waals surface area (Å²) in [6.45, 7) is 0.587. The van der Waals surface area contributed by atoms with E-state index in [4.69, 9.17) is 15.2 Å². The van der Waals surface area contributed by atoms with Crippen LogP contribution in [-0.4, -0.2) is 36.0 Å². The number of nitrogens with one attached hydrogen (secondary N) is 1. The average molecular weight is 485 g/mol. The van der Waals surface area contributed by atoms with Crippen LogP contribution in [0.5, 0.6) is 5.75 Å². The summed E-state index contributed by atoms with van der Waals surface area (Å²) in [4.78, 5) is 12.5. The lowest BCUT2D eigenvalue weighted by Gasteiger charge is -2.23. The van der Waals surface area contributed by atoms with Crippen molar-refractivity contribution in [2.24, 2.45) is 0 Å². The van der Waals surface area contributed by atoms with Crippen molar-refractivity contribution in [2.75, 3.05) is 26.1 Å². The van der Waals surface area contributed by atoms with E-state index in [1.54, 1.807) is 0 Å². The van der Waals surface area contributed by atoms with Crippen LogP contribution in [0.25, 0.3) is 11.3 Å². The van der Waals surface area contributed by atoms with Crippen LogP contribution in [0.1, 0.15) is 40.4 Å². The van der Waals surface area contributed by atoms with Gasteiger partial charge in [-0.1, -0.05) is 0 Å². The molecule has 0 spiro atoms. The number of nitrogen functional groups attached to an aromatic ring is 1. The van der Waals surface area contributed by atoms with Crippen LogP contribution in [0.4, 0.5) is 19.0 Å². The summed E-state index contributed by atoms with van der Waals surface area (Å²) in [5.41, 5.74) is 5.48. The number of hydrogen-bond acceptors (Lipinski definition) is 6. The van der Waals surface area contributed by atoms with Gasteiger partial charge in [-0.05, 0) is 43.2 Å². The predicted molar refractivity (Wildman–Crippen MR) is 120 cm³/mol. The number of amides is 1. The van der Waals surface area contributed by atoms with E-state index in [2.05, 4.69) is 10.4 Å². The van der Waals surface area contributed by atoms with E-state index < -0.39 is 23.4 Å². The van der Waals surface area contributed by atoms with E-state index in [0.717, 1.165) is 37.1 Å². The van der Waals surface area contributed by atoms with Gasteiger partial charge < -0.3 is 20.5 Å². The van der Waals surface area contributed by atoms with E-state index in [1.807, 2.05) is 6.07 Å². The number of benzene rings is 2. The van der Waals surface area contributed by atoms with Gasteiger partial charge in [0.2, 0.25) is 0 Å². The Labute approximate surface area is 199 Å². The largest absolute Gasteiger partial charge is 0.496 e. The summed E-state index contributed by atoms with van der Waals surface area (Å²) >= 11 is 0. The molecule has 0 bridgehead atoms. The molecular weight excluding hydrogens is 463 g/mol. The van der Waals surface area contributed by atoms with Crippen LogP contribution in [0.3, 0.4) is 0 Å². The highest BCUT2D eigenvalue weighted by atomic mass is 19.1. The molecule has 0 saturated carbocycles. The first-order valence-corrected chi connectivity index (χ1v) is 10.8. The topological polar surface area (TPSA) is 115 Å². The summed E-state index contributed by atoms with van der Waals surface area (Å²) in [5, 5.41) is 16.3. The van der Waals surface area contributed by atoms with E-state index in [1.165, 1.54) is 17.9 Å². The Morgan fingerprint density at radius 1 is 1.31 bits per heavy atom. The van der Waals surface area contributed by atoms with Gasteiger partial charge in [0.05, 0.1) is 25.3 Å². The monoisotopic (exact) mass is 485 g/mol. The number of methoxy groups -OCH3 is 1. The van der Waals surface area contributed by atoms with Crippen molar-refractivity contribution in [1.29, 1.82) is 5.26 Å². The first-order valence-electron chi connectivity index (χ1n) is 10.8. The maximum Gasteiger partial charge on any atom is 0.255 e. The average Bonchev–Trinajstić information content (AvgIpc) is 3.20. The Bertz CT molecular complexity index is 1310. The quantitative estimate of drug-likeness (QED) is 0.550. The number of nitrogens with two attached hydrogens (primary N) is 1. The van der Waals surface area contributed by atoms with Crippen molar-refractivity contribution in [1.82, 2.24) is 15.1 Å². The molecule has 0 radical (unpaired) electrons. The SMILES string of the molecule is COc1ccc(F)cc1C(=O)NCc1cc(F)c(-c2nn(C3CCCOC3)c(N)c2C#N)cc1F. The van der Waals surface area contributed by atoms with E-state index in [9.17, 15) is 18.8 Å². The summed E-state index contributed by atoms with van der Waals surface area (Å²) in [5.74, 6) is -2.86. The van der Waals surface area contributed by atoms with Crippen LogP contribution in [0.2, 0.25) is 0 Å². The van der Waals surface area contributed by atoms with E-state index in [0.29, 0.717) is 13.2 Å². The van der Waals surface area contributed by atoms with Gasteiger partial charge in [0.15, 0.2) is 0 Å². The molecule has 1 aromatic heterocycles. The lowest BCUT2D eigenvalue weighted by Crippen LogP contribution is -2.24. The number of carbonyl (C=O) groups is 1. The zero-order valence-corrected chi connectivity index (χ0v) is 18.8. The third kappa shape index (κ3) is 4.79. The molecule has 3 N–H and O–H groups in total. The van der Waals surface area contributed by atoms with Crippen molar-refractivity contribution in [3.05, 3.63) is 64.5 Å². The number of rotatable bonds is 6. The van der Waals surface area contributed by atoms with Gasteiger partial charge in [-0.25, -0.2) is 17.9 Å². The normalized spacial score (nSPS) is 15.5. The van der Waals surface area contributed by atoms with Gasteiger partial charge in [0, 0.05) is 24.3 Å². The number of nitriles is 1. The first kappa shape index (κ1) is 24.1. The third-order valence-corrected chi connectivity index (χ3v) is 5.78. The van der Waals surface area contributed by atoms with E-state index >= 15 is 4.39 Å². The number of halogens is 3. The highest BCUT2D eigenvalue weighted by molar-refractivity contribution is 5.96. The second-order valence-corrected chi connectivity index (χ2v) is 7.99. The molecule has 1 amide bonds. The molecule has 1 saturated heterocycles. The third-order valence-electron chi connectivity index (χ3n) is 5.78. The molecule has 11 heteroatoms. The van der Waals surface area contributed by atoms with Crippen molar-refractivity contribution < 1.29 is 27.4 Å². The minimum absolute atomic E-state index is 0.0539. The van der Waals surface area contributed by atoms with Crippen molar-refractivity contribution in [2.45, 2.75) is 25.4 Å². The Morgan fingerprint density at radius 3 is 2.80 bits per heavy atom. The van der Waals surface area contributed by atoms with Crippen molar-refractivity contribution >= 4 is 11.7 Å². The van der Waals surface area contributed by atoms with Crippen LogP contribution >= 0.6 is 0 Å². The van der Waals surface area contributed by atoms with Gasteiger partial charge in [-0.3, -0.25) is 4.79 Å². The maximum atomic E-state index is 15.1. The summed E-state index contributed by atoms with van der Waals surface area (Å²) in [6, 6.07) is 6.92. The molecule has 35 heavy (non-hydrogen) atoms. The summed E-state index contributed by atoms with van der Waals surface area (Å²) < 4.78 is 55.4. The molecule has 1 unspecified atom stereocenters. The fourth-order valence-corrected chi connectivity index (χ4v) is 3.97. The van der Waals surface area contributed by atoms with Crippen molar-refractivity contribution in [3.8, 4) is 23.1 Å². The number of aromatic nitrogens is 2. The second kappa shape index (κ2) is 10.1. The van der Waals surface area contributed by atoms with Crippen LogP contribution < -0.4 is 15.8 Å². The molecule has 182 valence electrons. The van der Waals surface area contributed by atoms with Gasteiger partial charge in [0.1, 0.15) is 46.3 Å². The van der Waals surface area contributed by atoms with Gasteiger partial charge in [-0.2, -0.15) is 10.4 Å². The van der Waals surface area contributed by atoms with Gasteiger partial charge >= 0.3 is 0 Å². The Morgan fingerprint density at radius 2 is 2.11 bits per heavy atom. The van der Waals surface area contributed by atoms with Crippen molar-refractivity contribution in [3.63, 3.8) is 0 Å². The number of carbonyl (C=O) groups excluding carboxylic acids is 1. The summed E-state index contributed by atoms with van der Waals surface area (Å²) in [6.07, 6.45) is 1.51. The highest BCUT2D eigenvalue weighted by Crippen LogP contribution is 2.33. The van der Waals surface area contributed by atoms with Crippen LogP contribution in [-0.2, 0) is 11.3 Å². The minimum Gasteiger partial charge on any atom is -0.496 e. The number of nitrogens with zero attached hydrogens (tertiary/aromatic N) is 3. The molecule has 4 rings (SSSR count). The molecule has 0 aliphatic carbocycles. The molecule has 1 aliphatic rings. The Hall–Kier alpha value is -4.04. The number of hydrogen-bond donors (Lipinski definition) is 2. The molecule has 2 heterocycles. The fraction of sp³-hybridized carbons (Fsp3) is 0.292.